The summed E-state index contributed by atoms with van der Waals surface area (Å²) in [6, 6.07) is 7.45. The summed E-state index contributed by atoms with van der Waals surface area (Å²) < 4.78 is 0. The maximum Gasteiger partial charge on any atom is 0.256 e. The summed E-state index contributed by atoms with van der Waals surface area (Å²) in [4.78, 5) is 22.6. The third-order valence-electron chi connectivity index (χ3n) is 5.58. The number of aliphatic hydroxyl groups is 1. The van der Waals surface area contributed by atoms with Gasteiger partial charge in [0.1, 0.15) is 11.3 Å². The van der Waals surface area contributed by atoms with Crippen LogP contribution in [0.25, 0.3) is 5.69 Å². The summed E-state index contributed by atoms with van der Waals surface area (Å²) in [5.74, 6) is 0.109. The Morgan fingerprint density at radius 1 is 1.27 bits per heavy atom. The van der Waals surface area contributed by atoms with E-state index in [4.69, 9.17) is 4.98 Å². The van der Waals surface area contributed by atoms with E-state index in [1.54, 1.807) is 31.3 Å². The third kappa shape index (κ3) is 3.87. The highest BCUT2D eigenvalue weighted by Gasteiger charge is 2.34. The Kier molecular flexibility index (Phi) is 5.42. The quantitative estimate of drug-likeness (QED) is 0.689. The van der Waals surface area contributed by atoms with Gasteiger partial charge in [0.15, 0.2) is 6.33 Å². The maximum absolute atomic E-state index is 13.5. The number of hydrogen-bond acceptors (Lipinski definition) is 7. The van der Waals surface area contributed by atoms with Gasteiger partial charge in [-0.3, -0.25) is 4.79 Å². The number of thiazole rings is 1. The van der Waals surface area contributed by atoms with Crippen LogP contribution in [0, 0.1) is 6.92 Å². The molecule has 0 bridgehead atoms. The molecular formula is C21H26N6O2S. The van der Waals surface area contributed by atoms with Gasteiger partial charge >= 0.3 is 0 Å². The van der Waals surface area contributed by atoms with Crippen LogP contribution in [0.3, 0.4) is 0 Å². The largest absolute Gasteiger partial charge is 0.384 e. The number of amides is 1. The molecule has 3 aromatic rings. The van der Waals surface area contributed by atoms with Crippen LogP contribution in [0.15, 0.2) is 30.6 Å². The van der Waals surface area contributed by atoms with Crippen LogP contribution in [0.2, 0.25) is 0 Å². The number of likely N-dealkylation sites (tertiary alicyclic amines) is 1. The first-order valence-electron chi connectivity index (χ1n) is 10.1. The molecular weight excluding hydrogens is 400 g/mol. The highest BCUT2D eigenvalue weighted by molar-refractivity contribution is 7.11. The summed E-state index contributed by atoms with van der Waals surface area (Å²) in [7, 11) is 0. The molecule has 1 saturated heterocycles. The van der Waals surface area contributed by atoms with Crippen LogP contribution in [0.4, 0.5) is 0 Å². The number of benzene rings is 1. The fraction of sp³-hybridized carbons (Fsp3) is 0.476. The Bertz CT molecular complexity index is 1040. The Morgan fingerprint density at radius 2 is 2.03 bits per heavy atom. The summed E-state index contributed by atoms with van der Waals surface area (Å²) >= 11 is 1.62. The zero-order valence-corrected chi connectivity index (χ0v) is 18.4. The van der Waals surface area contributed by atoms with E-state index in [9.17, 15) is 9.90 Å². The van der Waals surface area contributed by atoms with Crippen molar-refractivity contribution in [3.63, 3.8) is 0 Å². The lowest BCUT2D eigenvalue weighted by Gasteiger charge is -2.37. The van der Waals surface area contributed by atoms with Gasteiger partial charge in [0, 0.05) is 23.4 Å². The van der Waals surface area contributed by atoms with E-state index in [2.05, 4.69) is 22.3 Å². The fourth-order valence-corrected chi connectivity index (χ4v) is 5.21. The SMILES string of the molecule is Cc1sc([C@@H]2CC[C@@H](C)N(C(=O)c3ccccc3-n3ncnn3)C2)nc1C(C)(C)O. The van der Waals surface area contributed by atoms with Gasteiger partial charge in [-0.1, -0.05) is 12.1 Å². The molecule has 0 aliphatic carbocycles. The van der Waals surface area contributed by atoms with Gasteiger partial charge in [-0.05, 0) is 57.9 Å². The predicted octanol–water partition coefficient (Wildman–Crippen LogP) is 3.06. The number of rotatable bonds is 4. The van der Waals surface area contributed by atoms with E-state index < -0.39 is 5.60 Å². The number of hydrogen-bond donors (Lipinski definition) is 1. The van der Waals surface area contributed by atoms with E-state index in [1.165, 1.54) is 11.1 Å². The number of tetrazole rings is 1. The van der Waals surface area contributed by atoms with E-state index in [1.807, 2.05) is 30.0 Å². The molecule has 1 aliphatic rings. The van der Waals surface area contributed by atoms with Gasteiger partial charge in [0.05, 0.1) is 16.3 Å². The highest BCUT2D eigenvalue weighted by Crippen LogP contribution is 2.36. The minimum atomic E-state index is -0.972. The first-order valence-corrected chi connectivity index (χ1v) is 10.9. The molecule has 0 saturated carbocycles. The number of piperidine rings is 1. The predicted molar refractivity (Wildman–Crippen MR) is 114 cm³/mol. The molecule has 1 amide bonds. The highest BCUT2D eigenvalue weighted by atomic mass is 32.1. The summed E-state index contributed by atoms with van der Waals surface area (Å²) in [6.45, 7) is 8.18. The van der Waals surface area contributed by atoms with Crippen molar-refractivity contribution in [1.29, 1.82) is 0 Å². The zero-order valence-electron chi connectivity index (χ0n) is 17.6. The van der Waals surface area contributed by atoms with Crippen LogP contribution in [-0.4, -0.2) is 53.7 Å². The number of aromatic nitrogens is 5. The van der Waals surface area contributed by atoms with Crippen LogP contribution in [-0.2, 0) is 5.60 Å². The van der Waals surface area contributed by atoms with Crippen molar-refractivity contribution in [2.45, 2.75) is 58.1 Å². The molecule has 0 radical (unpaired) electrons. The fourth-order valence-electron chi connectivity index (χ4n) is 4.01. The molecule has 1 fully saturated rings. The second-order valence-corrected chi connectivity index (χ2v) is 9.57. The van der Waals surface area contributed by atoms with Crippen LogP contribution in [0.1, 0.15) is 65.5 Å². The maximum atomic E-state index is 13.5. The second kappa shape index (κ2) is 7.88. The van der Waals surface area contributed by atoms with Crippen molar-refractivity contribution in [2.75, 3.05) is 6.54 Å². The molecule has 8 nitrogen and oxygen atoms in total. The molecule has 9 heteroatoms. The van der Waals surface area contributed by atoms with Gasteiger partial charge < -0.3 is 10.0 Å². The molecule has 3 heterocycles. The zero-order chi connectivity index (χ0) is 21.5. The molecule has 0 unspecified atom stereocenters. The molecule has 2 atom stereocenters. The molecule has 1 aliphatic heterocycles. The standard InChI is InChI=1S/C21H26N6O2S/c1-13-9-10-15(19-24-18(14(2)30-19)21(3,4)29)11-26(13)20(28)16-7-5-6-8-17(16)27-23-12-22-25-27/h5-8,12-13,15,29H,9-11H2,1-4H3/t13-,15-/m1/s1. The molecule has 158 valence electrons. The Balaban J connectivity index is 1.62. The second-order valence-electron chi connectivity index (χ2n) is 8.34. The Labute approximate surface area is 179 Å². The van der Waals surface area contributed by atoms with E-state index in [-0.39, 0.29) is 17.9 Å². The number of aryl methyl sites for hydroxylation is 1. The van der Waals surface area contributed by atoms with E-state index in [0.717, 1.165) is 28.4 Å². The minimum Gasteiger partial charge on any atom is -0.384 e. The molecule has 0 spiro atoms. The average molecular weight is 427 g/mol. The monoisotopic (exact) mass is 426 g/mol. The third-order valence-corrected chi connectivity index (χ3v) is 6.72. The van der Waals surface area contributed by atoms with Crippen LogP contribution < -0.4 is 0 Å². The van der Waals surface area contributed by atoms with Crippen molar-refractivity contribution in [2.24, 2.45) is 0 Å². The van der Waals surface area contributed by atoms with Gasteiger partial charge in [0.25, 0.3) is 5.91 Å². The van der Waals surface area contributed by atoms with Crippen molar-refractivity contribution in [1.82, 2.24) is 30.1 Å². The van der Waals surface area contributed by atoms with Crippen LogP contribution >= 0.6 is 11.3 Å². The molecule has 30 heavy (non-hydrogen) atoms. The van der Waals surface area contributed by atoms with Crippen LogP contribution in [0.5, 0.6) is 0 Å². The molecule has 4 rings (SSSR count). The van der Waals surface area contributed by atoms with Crippen molar-refractivity contribution >= 4 is 17.2 Å². The topological polar surface area (TPSA) is 97.0 Å². The Morgan fingerprint density at radius 3 is 2.70 bits per heavy atom. The minimum absolute atomic E-state index is 0.0453. The van der Waals surface area contributed by atoms with Crippen molar-refractivity contribution in [3.8, 4) is 5.69 Å². The molecule has 1 N–H and O–H groups in total. The average Bonchev–Trinajstić information content (AvgIpc) is 3.37. The number of carbonyl (C=O) groups is 1. The van der Waals surface area contributed by atoms with E-state index in [0.29, 0.717) is 17.8 Å². The van der Waals surface area contributed by atoms with Crippen molar-refractivity contribution < 1.29 is 9.90 Å². The lowest BCUT2D eigenvalue weighted by molar-refractivity contribution is 0.0604. The van der Waals surface area contributed by atoms with Gasteiger partial charge in [0.2, 0.25) is 0 Å². The molecule has 1 aromatic carbocycles. The first kappa shape index (κ1) is 20.6. The van der Waals surface area contributed by atoms with Gasteiger partial charge in [-0.2, -0.15) is 0 Å². The normalized spacial score (nSPS) is 19.8. The van der Waals surface area contributed by atoms with Gasteiger partial charge in [-0.25, -0.2) is 4.98 Å². The summed E-state index contributed by atoms with van der Waals surface area (Å²) in [5, 5.41) is 23.2. The lowest BCUT2D eigenvalue weighted by Crippen LogP contribution is -2.45. The van der Waals surface area contributed by atoms with E-state index >= 15 is 0 Å². The van der Waals surface area contributed by atoms with Gasteiger partial charge in [-0.15, -0.1) is 26.3 Å². The Hall–Kier alpha value is -2.65. The lowest BCUT2D eigenvalue weighted by atomic mass is 9.93. The van der Waals surface area contributed by atoms with Crippen molar-refractivity contribution in [3.05, 3.63) is 51.7 Å². The number of carbonyl (C=O) groups excluding carboxylic acids is 1. The summed E-state index contributed by atoms with van der Waals surface area (Å²) in [5.41, 5.74) is 0.917. The smallest absolute Gasteiger partial charge is 0.256 e. The molecule has 2 aromatic heterocycles. The summed E-state index contributed by atoms with van der Waals surface area (Å²) in [6.07, 6.45) is 3.22. The number of nitrogens with zero attached hydrogens (tertiary/aromatic N) is 6. The number of para-hydroxylation sites is 1. The first-order chi connectivity index (χ1) is 14.3.